The molecule has 1 aromatic carbocycles. The summed E-state index contributed by atoms with van der Waals surface area (Å²) < 4.78 is 0. The average Bonchev–Trinajstić information content (AvgIpc) is 3.04. The number of nitrogens with zero attached hydrogens (tertiary/aromatic N) is 2. The van der Waals surface area contributed by atoms with Crippen molar-refractivity contribution in [3.8, 4) is 0 Å². The number of anilines is 1. The molecule has 0 radical (unpaired) electrons. The van der Waals surface area contributed by atoms with Gasteiger partial charge in [0, 0.05) is 50.0 Å². The van der Waals surface area contributed by atoms with E-state index in [0.29, 0.717) is 6.54 Å². The zero-order chi connectivity index (χ0) is 15.9. The van der Waals surface area contributed by atoms with Gasteiger partial charge in [0.15, 0.2) is 0 Å². The van der Waals surface area contributed by atoms with Gasteiger partial charge in [-0.15, -0.1) is 0 Å². The van der Waals surface area contributed by atoms with E-state index in [1.54, 1.807) is 0 Å². The number of aliphatic hydroxyl groups is 1. The van der Waals surface area contributed by atoms with Crippen molar-refractivity contribution in [2.75, 3.05) is 37.7 Å². The van der Waals surface area contributed by atoms with Crippen molar-refractivity contribution < 1.29 is 9.90 Å². The third kappa shape index (κ3) is 4.01. The van der Waals surface area contributed by atoms with Crippen molar-refractivity contribution in [1.29, 1.82) is 0 Å². The van der Waals surface area contributed by atoms with E-state index in [1.165, 1.54) is 18.5 Å². The van der Waals surface area contributed by atoms with E-state index in [9.17, 15) is 9.90 Å². The molecule has 22 heavy (non-hydrogen) atoms. The molecule has 1 heterocycles. The largest absolute Gasteiger partial charge is 0.396 e. The molecule has 0 aromatic heterocycles. The first-order valence-corrected chi connectivity index (χ1v) is 8.44. The van der Waals surface area contributed by atoms with E-state index >= 15 is 0 Å². The van der Waals surface area contributed by atoms with Gasteiger partial charge in [0.2, 0.25) is 0 Å². The van der Waals surface area contributed by atoms with Crippen LogP contribution in [0.2, 0.25) is 0 Å². The van der Waals surface area contributed by atoms with E-state index in [1.807, 2.05) is 29.2 Å². The molecule has 0 saturated carbocycles. The molecule has 1 atom stereocenters. The fraction of sp³-hybridized carbons (Fsp3) is 0.611. The maximum atomic E-state index is 12.5. The van der Waals surface area contributed by atoms with Crippen LogP contribution in [0.3, 0.4) is 0 Å². The fourth-order valence-electron chi connectivity index (χ4n) is 2.98. The second-order valence-electron chi connectivity index (χ2n) is 6.07. The molecule has 1 aliphatic rings. The van der Waals surface area contributed by atoms with Gasteiger partial charge >= 0.3 is 0 Å². The standard InChI is InChI=1S/C18H28N2O2/c1-3-5-11-19(4-2)17-8-6-16(7-9-17)18(22)20-12-10-15(13-20)14-21/h6-9,15,21H,3-5,10-14H2,1-2H3. The zero-order valence-corrected chi connectivity index (χ0v) is 13.8. The van der Waals surface area contributed by atoms with Gasteiger partial charge in [0.25, 0.3) is 5.91 Å². The lowest BCUT2D eigenvalue weighted by atomic mass is 10.1. The number of likely N-dealkylation sites (tertiary alicyclic amines) is 1. The number of carbonyl (C=O) groups is 1. The first-order chi connectivity index (χ1) is 10.7. The van der Waals surface area contributed by atoms with Crippen LogP contribution in [-0.2, 0) is 0 Å². The van der Waals surface area contributed by atoms with Gasteiger partial charge in [0.1, 0.15) is 0 Å². The first-order valence-electron chi connectivity index (χ1n) is 8.44. The van der Waals surface area contributed by atoms with E-state index in [2.05, 4.69) is 18.7 Å². The van der Waals surface area contributed by atoms with Gasteiger partial charge in [-0.2, -0.15) is 0 Å². The number of hydrogen-bond donors (Lipinski definition) is 1. The highest BCUT2D eigenvalue weighted by Gasteiger charge is 2.26. The molecule has 1 amide bonds. The van der Waals surface area contributed by atoms with Crippen LogP contribution in [0, 0.1) is 5.92 Å². The number of hydrogen-bond acceptors (Lipinski definition) is 3. The van der Waals surface area contributed by atoms with Gasteiger partial charge in [-0.25, -0.2) is 0 Å². The van der Waals surface area contributed by atoms with Crippen molar-refractivity contribution in [3.63, 3.8) is 0 Å². The minimum Gasteiger partial charge on any atom is -0.396 e. The summed E-state index contributed by atoms with van der Waals surface area (Å²) in [6.45, 7) is 8.01. The van der Waals surface area contributed by atoms with Crippen molar-refractivity contribution in [3.05, 3.63) is 29.8 Å². The van der Waals surface area contributed by atoms with Crippen LogP contribution < -0.4 is 4.90 Å². The number of unbranched alkanes of at least 4 members (excludes halogenated alkanes) is 1. The predicted octanol–water partition coefficient (Wildman–Crippen LogP) is 2.77. The van der Waals surface area contributed by atoms with Gasteiger partial charge in [-0.05, 0) is 44.0 Å². The topological polar surface area (TPSA) is 43.8 Å². The van der Waals surface area contributed by atoms with Crippen LogP contribution in [0.15, 0.2) is 24.3 Å². The molecule has 122 valence electrons. The lowest BCUT2D eigenvalue weighted by molar-refractivity contribution is 0.0782. The SMILES string of the molecule is CCCCN(CC)c1ccc(C(=O)N2CCC(CO)C2)cc1. The summed E-state index contributed by atoms with van der Waals surface area (Å²) in [6.07, 6.45) is 3.28. The number of carbonyl (C=O) groups excluding carboxylic acids is 1. The number of amides is 1. The quantitative estimate of drug-likeness (QED) is 0.842. The van der Waals surface area contributed by atoms with E-state index < -0.39 is 0 Å². The van der Waals surface area contributed by atoms with Crippen LogP contribution in [0.5, 0.6) is 0 Å². The predicted molar refractivity (Wildman–Crippen MR) is 90.3 cm³/mol. The Kier molecular flexibility index (Phi) is 6.25. The molecule has 1 fully saturated rings. The molecule has 0 bridgehead atoms. The zero-order valence-electron chi connectivity index (χ0n) is 13.8. The van der Waals surface area contributed by atoms with Gasteiger partial charge in [-0.1, -0.05) is 13.3 Å². The van der Waals surface area contributed by atoms with Crippen LogP contribution in [0.1, 0.15) is 43.5 Å². The Balaban J connectivity index is 2.00. The monoisotopic (exact) mass is 304 g/mol. The molecule has 1 unspecified atom stereocenters. The molecule has 4 heteroatoms. The summed E-state index contributed by atoms with van der Waals surface area (Å²) in [4.78, 5) is 16.7. The Hall–Kier alpha value is -1.55. The number of aliphatic hydroxyl groups excluding tert-OH is 1. The van der Waals surface area contributed by atoms with Crippen molar-refractivity contribution in [2.45, 2.75) is 33.1 Å². The van der Waals surface area contributed by atoms with Crippen LogP contribution in [0.4, 0.5) is 5.69 Å². The molecule has 1 saturated heterocycles. The Bertz CT molecular complexity index is 472. The molecular formula is C18H28N2O2. The maximum absolute atomic E-state index is 12.5. The smallest absolute Gasteiger partial charge is 0.253 e. The molecule has 0 spiro atoms. The fourth-order valence-corrected chi connectivity index (χ4v) is 2.98. The Morgan fingerprint density at radius 2 is 2.05 bits per heavy atom. The minimum atomic E-state index is 0.0825. The normalized spacial score (nSPS) is 17.8. The summed E-state index contributed by atoms with van der Waals surface area (Å²) in [7, 11) is 0. The second-order valence-corrected chi connectivity index (χ2v) is 6.07. The summed E-state index contributed by atoms with van der Waals surface area (Å²) in [5, 5.41) is 9.19. The molecule has 1 aromatic rings. The summed E-state index contributed by atoms with van der Waals surface area (Å²) in [6, 6.07) is 7.95. The molecule has 0 aliphatic carbocycles. The molecule has 2 rings (SSSR count). The highest BCUT2D eigenvalue weighted by atomic mass is 16.3. The Labute approximate surface area is 133 Å². The molecule has 1 N–H and O–H groups in total. The Morgan fingerprint density at radius 1 is 1.32 bits per heavy atom. The summed E-state index contributed by atoms with van der Waals surface area (Å²) in [5.41, 5.74) is 1.93. The highest BCUT2D eigenvalue weighted by Crippen LogP contribution is 2.20. The molecular weight excluding hydrogens is 276 g/mol. The number of rotatable bonds is 7. The van der Waals surface area contributed by atoms with Crippen LogP contribution in [-0.4, -0.2) is 48.7 Å². The average molecular weight is 304 g/mol. The molecule has 1 aliphatic heterocycles. The Morgan fingerprint density at radius 3 is 2.59 bits per heavy atom. The third-order valence-electron chi connectivity index (χ3n) is 4.47. The van der Waals surface area contributed by atoms with E-state index in [-0.39, 0.29) is 18.4 Å². The number of benzene rings is 1. The summed E-state index contributed by atoms with van der Waals surface area (Å²) in [5.74, 6) is 0.326. The molecule has 4 nitrogen and oxygen atoms in total. The lowest BCUT2D eigenvalue weighted by Crippen LogP contribution is -2.29. The van der Waals surface area contributed by atoms with Gasteiger partial charge in [0.05, 0.1) is 0 Å². The van der Waals surface area contributed by atoms with Crippen molar-refractivity contribution in [2.24, 2.45) is 5.92 Å². The first kappa shape index (κ1) is 16.8. The minimum absolute atomic E-state index is 0.0825. The van der Waals surface area contributed by atoms with E-state index in [0.717, 1.165) is 31.6 Å². The lowest BCUT2D eigenvalue weighted by Gasteiger charge is -2.23. The van der Waals surface area contributed by atoms with Crippen molar-refractivity contribution in [1.82, 2.24) is 4.90 Å². The van der Waals surface area contributed by atoms with E-state index in [4.69, 9.17) is 0 Å². The maximum Gasteiger partial charge on any atom is 0.253 e. The second kappa shape index (κ2) is 8.18. The van der Waals surface area contributed by atoms with Crippen LogP contribution >= 0.6 is 0 Å². The third-order valence-corrected chi connectivity index (χ3v) is 4.47. The van der Waals surface area contributed by atoms with Crippen LogP contribution in [0.25, 0.3) is 0 Å². The highest BCUT2D eigenvalue weighted by molar-refractivity contribution is 5.94. The van der Waals surface area contributed by atoms with Crippen molar-refractivity contribution >= 4 is 11.6 Å². The summed E-state index contributed by atoms with van der Waals surface area (Å²) >= 11 is 0. The van der Waals surface area contributed by atoms with Gasteiger partial charge in [-0.3, -0.25) is 4.79 Å². The van der Waals surface area contributed by atoms with Gasteiger partial charge < -0.3 is 14.9 Å².